The summed E-state index contributed by atoms with van der Waals surface area (Å²) in [5, 5.41) is 10.1. The second-order valence-corrected chi connectivity index (χ2v) is 6.72. The Morgan fingerprint density at radius 3 is 2.12 bits per heavy atom. The number of anilines is 1. The molecule has 0 saturated carbocycles. The summed E-state index contributed by atoms with van der Waals surface area (Å²) in [6.45, 7) is 2.73. The number of piperazine rings is 1. The second kappa shape index (κ2) is 7.26. The summed E-state index contributed by atoms with van der Waals surface area (Å²) in [5.41, 5.74) is 1.09. The summed E-state index contributed by atoms with van der Waals surface area (Å²) in [4.78, 5) is 28.2. The Hall–Kier alpha value is -2.01. The molecule has 1 saturated heterocycles. The lowest BCUT2D eigenvalue weighted by molar-refractivity contribution is -0.150. The lowest BCUT2D eigenvalue weighted by Gasteiger charge is -2.38. The molecule has 2 aliphatic rings. The number of carbonyl (C=O) groups excluding carboxylic acids is 1. The smallest absolute Gasteiger partial charge is 0.307 e. The van der Waals surface area contributed by atoms with E-state index in [0.717, 1.165) is 18.8 Å². The molecule has 2 atom stereocenters. The minimum Gasteiger partial charge on any atom is -0.481 e. The highest BCUT2D eigenvalue weighted by atomic mass is 35.5. The van der Waals surface area contributed by atoms with E-state index < -0.39 is 17.8 Å². The summed E-state index contributed by atoms with van der Waals surface area (Å²) in [7, 11) is 0. The zero-order chi connectivity index (χ0) is 17.1. The molecule has 1 amide bonds. The van der Waals surface area contributed by atoms with E-state index >= 15 is 0 Å². The predicted molar refractivity (Wildman–Crippen MR) is 93.2 cm³/mol. The summed E-state index contributed by atoms with van der Waals surface area (Å²) >= 11 is 5.92. The number of nitrogens with zero attached hydrogens (tertiary/aromatic N) is 2. The topological polar surface area (TPSA) is 60.9 Å². The highest BCUT2D eigenvalue weighted by Crippen LogP contribution is 2.28. The van der Waals surface area contributed by atoms with Crippen LogP contribution in [0.3, 0.4) is 0 Å². The monoisotopic (exact) mass is 348 g/mol. The van der Waals surface area contributed by atoms with E-state index in [9.17, 15) is 14.7 Å². The molecule has 1 aromatic rings. The number of aliphatic carboxylic acids is 1. The standard InChI is InChI=1S/C18H21ClN2O3/c19-13-5-7-14(8-6-13)20-9-11-21(12-10-20)17(22)15-3-1-2-4-16(15)18(23)24/h1-2,5-8,15-16H,3-4,9-12H2,(H,23,24)/t15-,16-/m1/s1. The van der Waals surface area contributed by atoms with Gasteiger partial charge in [-0.05, 0) is 37.1 Å². The van der Waals surface area contributed by atoms with Crippen molar-refractivity contribution in [1.82, 2.24) is 4.90 Å². The summed E-state index contributed by atoms with van der Waals surface area (Å²) in [6.07, 6.45) is 4.75. The maximum Gasteiger partial charge on any atom is 0.307 e. The van der Waals surface area contributed by atoms with Crippen molar-refractivity contribution in [3.05, 3.63) is 41.4 Å². The number of hydrogen-bond donors (Lipinski definition) is 1. The number of benzene rings is 1. The molecule has 0 aromatic heterocycles. The van der Waals surface area contributed by atoms with Crippen LogP contribution >= 0.6 is 11.6 Å². The molecule has 128 valence electrons. The van der Waals surface area contributed by atoms with Gasteiger partial charge in [-0.25, -0.2) is 0 Å². The SMILES string of the molecule is O=C(O)[C@@H]1CC=CC[C@H]1C(=O)N1CCN(c2ccc(Cl)cc2)CC1. The molecule has 3 rings (SSSR count). The van der Waals surface area contributed by atoms with E-state index in [2.05, 4.69) is 4.90 Å². The Morgan fingerprint density at radius 2 is 1.54 bits per heavy atom. The third kappa shape index (κ3) is 3.56. The van der Waals surface area contributed by atoms with Gasteiger partial charge in [0, 0.05) is 36.9 Å². The molecule has 1 N–H and O–H groups in total. The molecule has 6 heteroatoms. The average Bonchev–Trinajstić information content (AvgIpc) is 2.62. The van der Waals surface area contributed by atoms with Crippen molar-refractivity contribution in [3.63, 3.8) is 0 Å². The van der Waals surface area contributed by atoms with Crippen LogP contribution in [0.1, 0.15) is 12.8 Å². The van der Waals surface area contributed by atoms with Gasteiger partial charge in [0.2, 0.25) is 5.91 Å². The number of amides is 1. The first-order valence-electron chi connectivity index (χ1n) is 8.23. The zero-order valence-electron chi connectivity index (χ0n) is 13.4. The zero-order valence-corrected chi connectivity index (χ0v) is 14.2. The van der Waals surface area contributed by atoms with Crippen molar-refractivity contribution in [2.45, 2.75) is 12.8 Å². The minimum absolute atomic E-state index is 0.0255. The molecular weight excluding hydrogens is 328 g/mol. The van der Waals surface area contributed by atoms with E-state index in [0.29, 0.717) is 31.0 Å². The van der Waals surface area contributed by atoms with Gasteiger partial charge in [0.15, 0.2) is 0 Å². The molecule has 1 heterocycles. The van der Waals surface area contributed by atoms with Gasteiger partial charge in [-0.15, -0.1) is 0 Å². The number of carboxylic acid groups (broad SMARTS) is 1. The first kappa shape index (κ1) is 16.8. The predicted octanol–water partition coefficient (Wildman–Crippen LogP) is 2.66. The van der Waals surface area contributed by atoms with Crippen molar-refractivity contribution >= 4 is 29.2 Å². The number of hydrogen-bond acceptors (Lipinski definition) is 3. The first-order valence-corrected chi connectivity index (χ1v) is 8.61. The molecule has 0 spiro atoms. The Kier molecular flexibility index (Phi) is 5.09. The van der Waals surface area contributed by atoms with Crippen molar-refractivity contribution < 1.29 is 14.7 Å². The van der Waals surface area contributed by atoms with Gasteiger partial charge in [-0.2, -0.15) is 0 Å². The Labute approximate surface area is 146 Å². The van der Waals surface area contributed by atoms with Gasteiger partial charge < -0.3 is 14.9 Å². The van der Waals surface area contributed by atoms with E-state index in [-0.39, 0.29) is 5.91 Å². The van der Waals surface area contributed by atoms with Crippen LogP contribution in [0.25, 0.3) is 0 Å². The van der Waals surface area contributed by atoms with E-state index in [1.54, 1.807) is 0 Å². The van der Waals surface area contributed by atoms with E-state index in [1.165, 1.54) is 0 Å². The van der Waals surface area contributed by atoms with Crippen LogP contribution in [-0.2, 0) is 9.59 Å². The van der Waals surface area contributed by atoms with E-state index in [1.807, 2.05) is 41.3 Å². The van der Waals surface area contributed by atoms with Crippen molar-refractivity contribution in [2.24, 2.45) is 11.8 Å². The van der Waals surface area contributed by atoms with Crippen LogP contribution in [0.2, 0.25) is 5.02 Å². The molecule has 24 heavy (non-hydrogen) atoms. The number of carbonyl (C=O) groups is 2. The highest BCUT2D eigenvalue weighted by Gasteiger charge is 2.37. The number of carboxylic acids is 1. The van der Waals surface area contributed by atoms with Crippen LogP contribution in [0.4, 0.5) is 5.69 Å². The normalized spacial score (nSPS) is 24.0. The van der Waals surface area contributed by atoms with Crippen molar-refractivity contribution in [3.8, 4) is 0 Å². The fourth-order valence-corrected chi connectivity index (χ4v) is 3.56. The molecule has 5 nitrogen and oxygen atoms in total. The molecule has 0 bridgehead atoms. The van der Waals surface area contributed by atoms with Gasteiger partial charge in [-0.3, -0.25) is 9.59 Å². The second-order valence-electron chi connectivity index (χ2n) is 6.28. The third-order valence-electron chi connectivity index (χ3n) is 4.85. The maximum atomic E-state index is 12.7. The van der Waals surface area contributed by atoms with Crippen LogP contribution in [0.5, 0.6) is 0 Å². The number of rotatable bonds is 3. The minimum atomic E-state index is -0.877. The fraction of sp³-hybridized carbons (Fsp3) is 0.444. The van der Waals surface area contributed by atoms with Crippen LogP contribution in [0, 0.1) is 11.8 Å². The average molecular weight is 349 g/mol. The van der Waals surface area contributed by atoms with Gasteiger partial charge >= 0.3 is 5.97 Å². The van der Waals surface area contributed by atoms with Gasteiger partial charge in [0.1, 0.15) is 0 Å². The van der Waals surface area contributed by atoms with Crippen LogP contribution in [0.15, 0.2) is 36.4 Å². The maximum absolute atomic E-state index is 12.7. The molecule has 1 aliphatic carbocycles. The van der Waals surface area contributed by atoms with Gasteiger partial charge in [0.25, 0.3) is 0 Å². The fourth-order valence-electron chi connectivity index (χ4n) is 3.43. The molecule has 1 fully saturated rings. The quantitative estimate of drug-likeness (QED) is 0.853. The number of allylic oxidation sites excluding steroid dienone is 2. The van der Waals surface area contributed by atoms with E-state index in [4.69, 9.17) is 11.6 Å². The third-order valence-corrected chi connectivity index (χ3v) is 5.10. The molecule has 1 aliphatic heterocycles. The lowest BCUT2D eigenvalue weighted by Crippen LogP contribution is -2.52. The summed E-state index contributed by atoms with van der Waals surface area (Å²) in [6, 6.07) is 7.68. The first-order chi connectivity index (χ1) is 11.6. The van der Waals surface area contributed by atoms with Crippen molar-refractivity contribution in [1.29, 1.82) is 0 Å². The highest BCUT2D eigenvalue weighted by molar-refractivity contribution is 6.30. The molecular formula is C18H21ClN2O3. The Morgan fingerprint density at radius 1 is 0.958 bits per heavy atom. The Bertz CT molecular complexity index is 636. The largest absolute Gasteiger partial charge is 0.481 e. The Balaban J connectivity index is 1.61. The van der Waals surface area contributed by atoms with Gasteiger partial charge in [-0.1, -0.05) is 23.8 Å². The molecule has 0 unspecified atom stereocenters. The van der Waals surface area contributed by atoms with Crippen LogP contribution < -0.4 is 4.90 Å². The van der Waals surface area contributed by atoms with Gasteiger partial charge in [0.05, 0.1) is 11.8 Å². The molecule has 1 aromatic carbocycles. The number of halogens is 1. The summed E-state index contributed by atoms with van der Waals surface area (Å²) < 4.78 is 0. The van der Waals surface area contributed by atoms with Crippen LogP contribution in [-0.4, -0.2) is 48.1 Å². The van der Waals surface area contributed by atoms with Crippen molar-refractivity contribution in [2.75, 3.05) is 31.1 Å². The summed E-state index contributed by atoms with van der Waals surface area (Å²) in [5.74, 6) is -1.94. The lowest BCUT2D eigenvalue weighted by atomic mass is 9.82. The molecule has 0 radical (unpaired) electrons.